The summed E-state index contributed by atoms with van der Waals surface area (Å²) < 4.78 is 44.1. The van der Waals surface area contributed by atoms with E-state index in [1.54, 1.807) is 24.0 Å². The summed E-state index contributed by atoms with van der Waals surface area (Å²) in [5.41, 5.74) is 0.341. The number of aliphatic hydroxyl groups is 1. The van der Waals surface area contributed by atoms with Crippen LogP contribution in [0.25, 0.3) is 0 Å². The predicted molar refractivity (Wildman–Crippen MR) is 142 cm³/mol. The molecule has 0 aliphatic carbocycles. The lowest BCUT2D eigenvalue weighted by atomic mass is 9.84. The summed E-state index contributed by atoms with van der Waals surface area (Å²) in [6.07, 6.45) is 1.96. The Labute approximate surface area is 208 Å². The fraction of sp³-hybridized carbons (Fsp3) is 0.583. The number of rotatable bonds is 6. The Morgan fingerprint density at radius 3 is 2.34 bits per heavy atom. The number of nitrogens with zero attached hydrogens (tertiary/aromatic N) is 2. The summed E-state index contributed by atoms with van der Waals surface area (Å²) in [7, 11) is -6.90. The lowest BCUT2D eigenvalue weighted by molar-refractivity contribution is -0.128. The van der Waals surface area contributed by atoms with Gasteiger partial charge in [0.05, 0.1) is 23.3 Å². The molecule has 2 heterocycles. The number of nitrogens with one attached hydrogen (secondary N) is 2. The van der Waals surface area contributed by atoms with Gasteiger partial charge in [-0.3, -0.25) is 14.1 Å². The Bertz CT molecular complexity index is 1260. The Kier molecular flexibility index (Phi) is 6.98. The third kappa shape index (κ3) is 5.75. The van der Waals surface area contributed by atoms with Gasteiger partial charge in [-0.05, 0) is 35.4 Å². The van der Waals surface area contributed by atoms with E-state index in [1.165, 1.54) is 6.07 Å². The highest BCUT2D eigenvalue weighted by atomic mass is 32.2. The third-order valence-corrected chi connectivity index (χ3v) is 9.19. The topological polar surface area (TPSA) is 128 Å². The Hall–Kier alpha value is -2.32. The van der Waals surface area contributed by atoms with Gasteiger partial charge in [0.25, 0.3) is 5.91 Å². The van der Waals surface area contributed by atoms with Crippen molar-refractivity contribution in [3.8, 4) is 0 Å². The van der Waals surface area contributed by atoms with Crippen molar-refractivity contribution < 1.29 is 22.9 Å². The summed E-state index contributed by atoms with van der Waals surface area (Å²) in [6.45, 7) is 14.4. The molecule has 1 amide bonds. The molecule has 2 aliphatic rings. The molecule has 1 unspecified atom stereocenters. The first-order chi connectivity index (χ1) is 15.9. The zero-order valence-electron chi connectivity index (χ0n) is 21.8. The number of hydrogen-bond acceptors (Lipinski definition) is 6. The van der Waals surface area contributed by atoms with E-state index >= 15 is 0 Å². The number of carbonyl (C=O) groups is 1. The molecular formula is C24H37N4O5PS. The molecule has 9 nitrogen and oxygen atoms in total. The van der Waals surface area contributed by atoms with Gasteiger partial charge in [0.15, 0.2) is 0 Å². The molecule has 0 saturated heterocycles. The molecule has 2 atom stereocenters. The molecule has 0 fully saturated rings. The number of sulfonamides is 1. The highest BCUT2D eigenvalue weighted by molar-refractivity contribution is 7.92. The van der Waals surface area contributed by atoms with Crippen LogP contribution < -0.4 is 15.3 Å². The molecule has 3 rings (SSSR count). The van der Waals surface area contributed by atoms with Crippen molar-refractivity contribution in [2.45, 2.75) is 60.9 Å². The van der Waals surface area contributed by atoms with Crippen LogP contribution in [0.4, 0.5) is 11.4 Å². The number of carbonyl (C=O) groups excluding carboxylic acids is 1. The molecule has 0 aromatic heterocycles. The zero-order chi connectivity index (χ0) is 26.6. The smallest absolute Gasteiger partial charge is 0.261 e. The highest BCUT2D eigenvalue weighted by Crippen LogP contribution is 2.51. The zero-order valence-corrected chi connectivity index (χ0v) is 23.5. The number of anilines is 2. The number of benzene rings is 1. The summed E-state index contributed by atoms with van der Waals surface area (Å²) >= 11 is 0. The largest absolute Gasteiger partial charge is 0.509 e. The molecular weight excluding hydrogens is 487 g/mol. The van der Waals surface area contributed by atoms with E-state index < -0.39 is 28.8 Å². The van der Waals surface area contributed by atoms with Crippen molar-refractivity contribution in [3.63, 3.8) is 0 Å². The van der Waals surface area contributed by atoms with Crippen molar-refractivity contribution in [1.29, 1.82) is 0 Å². The first-order valence-electron chi connectivity index (χ1n) is 11.7. The minimum atomic E-state index is -3.52. The second kappa shape index (κ2) is 8.96. The summed E-state index contributed by atoms with van der Waals surface area (Å²) in [5.74, 6) is -0.343. The molecule has 0 bridgehead atoms. The monoisotopic (exact) mass is 524 g/mol. The standard InChI is InChI=1S/C24H37N4O5PS/c1-9-34(31)17-14-15(27-35(8,32)33)10-11-16(17)25-21(26-34)18-19(29)20(24(5,6)7)28(22(18)30)13-12-23(2,3)4/h10-11,14,20,27,29H,9,12-13H2,1-8H3,(H,25,26,31)/t20-,34?/m1/s1. The van der Waals surface area contributed by atoms with Crippen LogP contribution in [-0.4, -0.2) is 55.2 Å². The molecule has 11 heteroatoms. The third-order valence-electron chi connectivity index (χ3n) is 6.08. The summed E-state index contributed by atoms with van der Waals surface area (Å²) in [5, 5.41) is 14.8. The summed E-state index contributed by atoms with van der Waals surface area (Å²) in [6, 6.07) is 4.12. The minimum Gasteiger partial charge on any atom is -0.509 e. The minimum absolute atomic E-state index is 0.00371. The Morgan fingerprint density at radius 1 is 1.20 bits per heavy atom. The normalized spacial score (nSPS) is 23.2. The molecule has 35 heavy (non-hydrogen) atoms. The van der Waals surface area contributed by atoms with Crippen molar-refractivity contribution in [1.82, 2.24) is 4.90 Å². The van der Waals surface area contributed by atoms with Crippen LogP contribution in [0.15, 0.2) is 34.3 Å². The van der Waals surface area contributed by atoms with Crippen LogP contribution in [0, 0.1) is 10.8 Å². The maximum atomic E-state index is 13.9. The highest BCUT2D eigenvalue weighted by Gasteiger charge is 2.48. The number of aliphatic hydroxyl groups excluding tert-OH is 1. The van der Waals surface area contributed by atoms with E-state index in [-0.39, 0.29) is 40.3 Å². The Morgan fingerprint density at radius 2 is 1.83 bits per heavy atom. The lowest BCUT2D eigenvalue weighted by Crippen LogP contribution is -2.45. The van der Waals surface area contributed by atoms with Crippen molar-refractivity contribution in [2.75, 3.05) is 29.0 Å². The maximum absolute atomic E-state index is 13.9. The first kappa shape index (κ1) is 27.3. The molecule has 0 saturated carbocycles. The maximum Gasteiger partial charge on any atom is 0.261 e. The van der Waals surface area contributed by atoms with E-state index in [2.05, 4.69) is 35.6 Å². The number of hydrogen-bond donors (Lipinski definition) is 3. The molecule has 2 aliphatic heterocycles. The van der Waals surface area contributed by atoms with E-state index in [0.717, 1.165) is 12.7 Å². The van der Waals surface area contributed by atoms with Crippen molar-refractivity contribution >= 4 is 45.7 Å². The van der Waals surface area contributed by atoms with Gasteiger partial charge in [-0.25, -0.2) is 13.2 Å². The van der Waals surface area contributed by atoms with Gasteiger partial charge in [0.1, 0.15) is 17.2 Å². The van der Waals surface area contributed by atoms with Gasteiger partial charge in [-0.1, -0.05) is 48.5 Å². The van der Waals surface area contributed by atoms with E-state index in [1.807, 2.05) is 20.8 Å². The Balaban J connectivity index is 2.08. The molecule has 0 spiro atoms. The fourth-order valence-corrected chi connectivity index (χ4v) is 6.83. The van der Waals surface area contributed by atoms with Crippen molar-refractivity contribution in [2.24, 2.45) is 15.6 Å². The molecule has 1 aromatic carbocycles. The van der Waals surface area contributed by atoms with Crippen LogP contribution in [0.2, 0.25) is 0 Å². The number of amides is 1. The summed E-state index contributed by atoms with van der Waals surface area (Å²) in [4.78, 5) is 15.3. The fourth-order valence-electron chi connectivity index (χ4n) is 4.37. The van der Waals surface area contributed by atoms with Crippen LogP contribution in [0.1, 0.15) is 54.9 Å². The van der Waals surface area contributed by atoms with Gasteiger partial charge in [-0.15, -0.1) is 0 Å². The van der Waals surface area contributed by atoms with Crippen LogP contribution in [0.5, 0.6) is 0 Å². The average molecular weight is 525 g/mol. The molecule has 194 valence electrons. The number of amidine groups is 1. The molecule has 1 aromatic rings. The molecule has 3 N–H and O–H groups in total. The van der Waals surface area contributed by atoms with E-state index in [0.29, 0.717) is 17.5 Å². The second-order valence-corrected chi connectivity index (χ2v) is 16.0. The predicted octanol–water partition coefficient (Wildman–Crippen LogP) is 4.31. The number of fused-ring (bicyclic) bond motifs is 1. The second-order valence-electron chi connectivity index (χ2n) is 11.5. The van der Waals surface area contributed by atoms with Crippen LogP contribution >= 0.6 is 7.29 Å². The van der Waals surface area contributed by atoms with E-state index in [4.69, 9.17) is 0 Å². The van der Waals surface area contributed by atoms with Gasteiger partial charge >= 0.3 is 0 Å². The quantitative estimate of drug-likeness (QED) is 0.476. The van der Waals surface area contributed by atoms with E-state index in [9.17, 15) is 22.9 Å². The average Bonchev–Trinajstić information content (AvgIpc) is 2.94. The van der Waals surface area contributed by atoms with Gasteiger partial charge in [0.2, 0.25) is 17.3 Å². The van der Waals surface area contributed by atoms with Gasteiger partial charge in [-0.2, -0.15) is 0 Å². The molecule has 0 radical (unpaired) electrons. The van der Waals surface area contributed by atoms with Crippen molar-refractivity contribution in [3.05, 3.63) is 29.5 Å². The lowest BCUT2D eigenvalue weighted by Gasteiger charge is -2.36. The van der Waals surface area contributed by atoms with Gasteiger partial charge < -0.3 is 15.3 Å². The van der Waals surface area contributed by atoms with Crippen LogP contribution in [0.3, 0.4) is 0 Å². The SMILES string of the molecule is CCP1(=O)N=C(C2=C(O)[C@H](C(C)(C)C)N(CCC(C)(C)C)C2=O)Nc2ccc(NS(C)(=O)=O)cc21. The van der Waals surface area contributed by atoms with Gasteiger partial charge in [0, 0.05) is 18.4 Å². The van der Waals surface area contributed by atoms with Crippen LogP contribution in [-0.2, 0) is 19.4 Å². The first-order valence-corrected chi connectivity index (χ1v) is 15.4.